The number of fused-ring (bicyclic) bond motifs is 1. The van der Waals surface area contributed by atoms with E-state index in [1.54, 1.807) is 36.4 Å². The first kappa shape index (κ1) is 38.9. The number of benzene rings is 2. The molecule has 2 aromatic carbocycles. The molecule has 1 aromatic heterocycles. The van der Waals surface area contributed by atoms with Crippen molar-refractivity contribution in [3.8, 4) is 11.8 Å². The molecule has 2 N–H and O–H groups in total. The van der Waals surface area contributed by atoms with Gasteiger partial charge in [-0.3, -0.25) is 43.7 Å². The van der Waals surface area contributed by atoms with Crippen LogP contribution in [-0.2, 0) is 16.0 Å². The fourth-order valence-electron chi connectivity index (χ4n) is 9.49. The molecule has 0 bridgehead atoms. The number of rotatable bonds is 11. The van der Waals surface area contributed by atoms with Crippen LogP contribution in [0.3, 0.4) is 0 Å². The van der Waals surface area contributed by atoms with Crippen molar-refractivity contribution in [2.24, 2.45) is 16.6 Å². The van der Waals surface area contributed by atoms with E-state index in [4.69, 9.17) is 22.1 Å². The lowest BCUT2D eigenvalue weighted by atomic mass is 9.48. The Hall–Kier alpha value is -5.32. The van der Waals surface area contributed by atoms with Crippen molar-refractivity contribution in [1.82, 2.24) is 19.7 Å². The number of anilines is 1. The molecule has 1 unspecified atom stereocenters. The third kappa shape index (κ3) is 6.90. The van der Waals surface area contributed by atoms with Crippen LogP contribution in [0.2, 0.25) is 5.02 Å². The summed E-state index contributed by atoms with van der Waals surface area (Å²) in [6.07, 6.45) is 3.96. The highest BCUT2D eigenvalue weighted by Crippen LogP contribution is 2.58. The second-order valence-corrected chi connectivity index (χ2v) is 16.8. The molecule has 1 atom stereocenters. The van der Waals surface area contributed by atoms with Gasteiger partial charge >= 0.3 is 0 Å². The summed E-state index contributed by atoms with van der Waals surface area (Å²) in [5.74, 6) is -1.97. The number of imide groups is 2. The van der Waals surface area contributed by atoms with Crippen LogP contribution in [0.5, 0.6) is 5.75 Å². The molecule has 292 valence electrons. The Kier molecular flexibility index (Phi) is 10.4. The van der Waals surface area contributed by atoms with E-state index in [2.05, 4.69) is 14.8 Å². The van der Waals surface area contributed by atoms with Crippen molar-refractivity contribution in [3.05, 3.63) is 87.7 Å². The predicted molar refractivity (Wildman–Crippen MR) is 208 cm³/mol. The van der Waals surface area contributed by atoms with Crippen LogP contribution in [0.4, 0.5) is 5.69 Å². The topological polar surface area (TPSA) is 170 Å². The Morgan fingerprint density at radius 2 is 1.64 bits per heavy atom. The molecular weight excluding hydrogens is 734 g/mol. The maximum absolute atomic E-state index is 14.3. The molecule has 3 aromatic rings. The number of nitriles is 1. The molecule has 4 heterocycles. The highest BCUT2D eigenvalue weighted by molar-refractivity contribution is 6.31. The number of carbonyl (C=O) groups is 5. The molecule has 1 aliphatic carbocycles. The second-order valence-electron chi connectivity index (χ2n) is 16.4. The Bertz CT molecular complexity index is 2120. The number of pyridine rings is 1. The number of halogens is 1. The van der Waals surface area contributed by atoms with Crippen LogP contribution < -0.4 is 15.4 Å². The van der Waals surface area contributed by atoms with Crippen LogP contribution >= 0.6 is 11.6 Å². The summed E-state index contributed by atoms with van der Waals surface area (Å²) >= 11 is 6.26. The molecule has 3 aliphatic heterocycles. The number of primary amides is 1. The third-order valence-corrected chi connectivity index (χ3v) is 12.3. The van der Waals surface area contributed by atoms with E-state index in [0.29, 0.717) is 16.9 Å². The number of aromatic nitrogens is 1. The molecule has 2 saturated heterocycles. The van der Waals surface area contributed by atoms with E-state index in [0.717, 1.165) is 68.3 Å². The first-order valence-corrected chi connectivity index (χ1v) is 19.5. The van der Waals surface area contributed by atoms with Gasteiger partial charge in [0.05, 0.1) is 33.3 Å². The normalized spacial score (nSPS) is 23.1. The zero-order valence-corrected chi connectivity index (χ0v) is 32.8. The van der Waals surface area contributed by atoms with Crippen LogP contribution in [0.15, 0.2) is 54.7 Å². The Balaban J connectivity index is 0.973. The number of carbonyl (C=O) groups excluding carboxylic acids is 5. The van der Waals surface area contributed by atoms with Gasteiger partial charge in [-0.2, -0.15) is 5.26 Å². The Labute approximate surface area is 331 Å². The smallest absolute Gasteiger partial charge is 0.262 e. The first-order chi connectivity index (χ1) is 26.6. The van der Waals surface area contributed by atoms with Gasteiger partial charge in [-0.25, -0.2) is 0 Å². The summed E-state index contributed by atoms with van der Waals surface area (Å²) in [5, 5.41) is 9.53. The van der Waals surface area contributed by atoms with Gasteiger partial charge in [0.15, 0.2) is 0 Å². The standard InChI is InChI=1S/C42H46ClN7O6/c1-41(2)39(42(3,4)40(41)56-29-12-9-25(23-44)32(43)22-29)50-34(51)15-14-33(38(50)55)49-36(53)30-13-11-28(21-31(30)37(49)54)48-19-17-47(18-20-48)16-6-5-7-27-10-8-26(24-46-27)35(45)52/h8-13,21-22,24,33,39-40H,5-7,14-20H2,1-4H3,(H2,45,52). The summed E-state index contributed by atoms with van der Waals surface area (Å²) < 4.78 is 6.39. The van der Waals surface area contributed by atoms with Gasteiger partial charge in [-0.05, 0) is 74.7 Å². The van der Waals surface area contributed by atoms with E-state index in [1.165, 1.54) is 11.1 Å². The number of aryl methyl sites for hydroxylation is 1. The largest absolute Gasteiger partial charge is 0.489 e. The lowest BCUT2D eigenvalue weighted by Crippen LogP contribution is -2.77. The van der Waals surface area contributed by atoms with Crippen molar-refractivity contribution < 1.29 is 28.7 Å². The number of ether oxygens (including phenoxy) is 1. The number of nitrogens with two attached hydrogens (primary N) is 1. The average Bonchev–Trinajstić information content (AvgIpc) is 3.42. The molecule has 7 rings (SSSR count). The van der Waals surface area contributed by atoms with Crippen LogP contribution in [0, 0.1) is 22.2 Å². The zero-order chi connectivity index (χ0) is 40.1. The average molecular weight is 780 g/mol. The second kappa shape index (κ2) is 15.0. The summed E-state index contributed by atoms with van der Waals surface area (Å²) in [7, 11) is 0. The summed E-state index contributed by atoms with van der Waals surface area (Å²) in [5.41, 5.74) is 6.93. The van der Waals surface area contributed by atoms with E-state index in [9.17, 15) is 29.2 Å². The third-order valence-electron chi connectivity index (χ3n) is 12.0. The minimum absolute atomic E-state index is 0.0136. The van der Waals surface area contributed by atoms with E-state index >= 15 is 0 Å². The predicted octanol–water partition coefficient (Wildman–Crippen LogP) is 4.85. The number of piperidine rings is 1. The summed E-state index contributed by atoms with van der Waals surface area (Å²) in [6.45, 7) is 11.9. The van der Waals surface area contributed by atoms with Gasteiger partial charge in [0.25, 0.3) is 17.7 Å². The highest BCUT2D eigenvalue weighted by Gasteiger charge is 2.68. The molecule has 1 saturated carbocycles. The molecule has 0 radical (unpaired) electrons. The van der Waals surface area contributed by atoms with E-state index in [1.807, 2.05) is 45.9 Å². The van der Waals surface area contributed by atoms with Crippen molar-refractivity contribution in [1.29, 1.82) is 5.26 Å². The van der Waals surface area contributed by atoms with Crippen molar-refractivity contribution in [2.45, 2.75) is 78.0 Å². The highest BCUT2D eigenvalue weighted by atomic mass is 35.5. The number of hydrogen-bond acceptors (Lipinski definition) is 10. The molecule has 56 heavy (non-hydrogen) atoms. The number of unbranched alkanes of at least 4 members (excludes halogenated alkanes) is 1. The van der Waals surface area contributed by atoms with Crippen molar-refractivity contribution in [3.63, 3.8) is 0 Å². The molecular formula is C42H46ClN7O6. The number of hydrogen-bond donors (Lipinski definition) is 1. The minimum Gasteiger partial charge on any atom is -0.489 e. The molecule has 13 nitrogen and oxygen atoms in total. The van der Waals surface area contributed by atoms with E-state index < -0.39 is 52.6 Å². The summed E-state index contributed by atoms with van der Waals surface area (Å²) in [4.78, 5) is 78.3. The van der Waals surface area contributed by atoms with Gasteiger partial charge in [0.2, 0.25) is 11.8 Å². The Morgan fingerprint density at radius 1 is 0.929 bits per heavy atom. The van der Waals surface area contributed by atoms with Crippen LogP contribution in [-0.4, -0.2) is 100 Å². The van der Waals surface area contributed by atoms with Gasteiger partial charge in [0.1, 0.15) is 24.0 Å². The maximum atomic E-state index is 14.3. The quantitative estimate of drug-likeness (QED) is 0.210. The first-order valence-electron chi connectivity index (χ1n) is 19.1. The van der Waals surface area contributed by atoms with Crippen molar-refractivity contribution >= 4 is 46.8 Å². The van der Waals surface area contributed by atoms with Crippen molar-refractivity contribution in [2.75, 3.05) is 37.6 Å². The van der Waals surface area contributed by atoms with Gasteiger partial charge in [-0.1, -0.05) is 39.3 Å². The summed E-state index contributed by atoms with van der Waals surface area (Å²) in [6, 6.07) is 14.0. The SMILES string of the molecule is CC1(C)C(Oc2ccc(C#N)c(Cl)c2)C(C)(C)C1N1C(=O)CCC(N2C(=O)c3ccc(N4CCN(CCCCc5ccc(C(N)=O)cn5)CC4)cc3C2=O)C1=O. The fraction of sp³-hybridized carbons (Fsp3) is 0.452. The monoisotopic (exact) mass is 779 g/mol. The van der Waals surface area contributed by atoms with Gasteiger partial charge < -0.3 is 15.4 Å². The molecule has 5 amide bonds. The number of nitrogens with zero attached hydrogens (tertiary/aromatic N) is 6. The molecule has 4 aliphatic rings. The fourth-order valence-corrected chi connectivity index (χ4v) is 9.70. The number of likely N-dealkylation sites (tertiary alicyclic amines) is 1. The molecule has 3 fully saturated rings. The minimum atomic E-state index is -1.11. The maximum Gasteiger partial charge on any atom is 0.262 e. The zero-order valence-electron chi connectivity index (χ0n) is 32.1. The molecule has 14 heteroatoms. The van der Waals surface area contributed by atoms with Gasteiger partial charge in [-0.15, -0.1) is 0 Å². The van der Waals surface area contributed by atoms with Crippen LogP contribution in [0.1, 0.15) is 95.7 Å². The lowest BCUT2D eigenvalue weighted by molar-refractivity contribution is -0.216. The van der Waals surface area contributed by atoms with Gasteiger partial charge in [0, 0.05) is 67.1 Å². The van der Waals surface area contributed by atoms with E-state index in [-0.39, 0.29) is 34.9 Å². The number of piperazine rings is 1. The Morgan fingerprint density at radius 3 is 2.29 bits per heavy atom. The number of amides is 5. The molecule has 0 spiro atoms. The van der Waals surface area contributed by atoms with Crippen LogP contribution in [0.25, 0.3) is 0 Å². The lowest BCUT2D eigenvalue weighted by Gasteiger charge is -2.65.